The topological polar surface area (TPSA) is 101 Å². The highest BCUT2D eigenvalue weighted by Crippen LogP contribution is 2.21. The van der Waals surface area contributed by atoms with Gasteiger partial charge in [-0.3, -0.25) is 9.59 Å². The van der Waals surface area contributed by atoms with E-state index in [1.807, 2.05) is 6.92 Å². The minimum absolute atomic E-state index is 0.0363. The van der Waals surface area contributed by atoms with Crippen LogP contribution >= 0.6 is 0 Å². The van der Waals surface area contributed by atoms with Gasteiger partial charge in [-0.2, -0.15) is 0 Å². The molecule has 0 aliphatic carbocycles. The van der Waals surface area contributed by atoms with Crippen molar-refractivity contribution in [1.29, 1.82) is 0 Å². The van der Waals surface area contributed by atoms with E-state index in [-0.39, 0.29) is 42.1 Å². The lowest BCUT2D eigenvalue weighted by molar-refractivity contribution is -0.138. The number of carboxylic acid groups (broad SMARTS) is 1. The molecule has 1 heterocycles. The minimum atomic E-state index is -2.95. The van der Waals surface area contributed by atoms with E-state index in [0.717, 1.165) is 0 Å². The van der Waals surface area contributed by atoms with Crippen molar-refractivity contribution >= 4 is 21.7 Å². The molecule has 0 saturated carbocycles. The Kier molecular flexibility index (Phi) is 5.78. The van der Waals surface area contributed by atoms with E-state index >= 15 is 0 Å². The van der Waals surface area contributed by atoms with Gasteiger partial charge in [0.1, 0.15) is 0 Å². The minimum Gasteiger partial charge on any atom is -0.481 e. The number of carboxylic acids is 1. The van der Waals surface area contributed by atoms with Crippen LogP contribution in [0.25, 0.3) is 0 Å². The fourth-order valence-electron chi connectivity index (χ4n) is 2.23. The number of hydrogen-bond donors (Lipinski definition) is 2. The summed E-state index contributed by atoms with van der Waals surface area (Å²) < 4.78 is 22.5. The molecule has 1 aliphatic heterocycles. The second kappa shape index (κ2) is 6.88. The molecule has 1 fully saturated rings. The van der Waals surface area contributed by atoms with Gasteiger partial charge >= 0.3 is 5.97 Å². The van der Waals surface area contributed by atoms with Gasteiger partial charge in [0.15, 0.2) is 9.84 Å². The third-order valence-electron chi connectivity index (χ3n) is 3.43. The summed E-state index contributed by atoms with van der Waals surface area (Å²) in [5.41, 5.74) is 0. The monoisotopic (exact) mass is 291 g/mol. The first-order valence-corrected chi connectivity index (χ1v) is 8.33. The first kappa shape index (κ1) is 15.9. The number of amides is 1. The maximum Gasteiger partial charge on any atom is 0.303 e. The smallest absolute Gasteiger partial charge is 0.303 e. The Labute approximate surface area is 113 Å². The maximum atomic E-state index is 11.7. The predicted molar refractivity (Wildman–Crippen MR) is 70.4 cm³/mol. The Bertz CT molecular complexity index is 431. The summed E-state index contributed by atoms with van der Waals surface area (Å²) in [5.74, 6) is -0.971. The van der Waals surface area contributed by atoms with Crippen LogP contribution in [-0.2, 0) is 19.4 Å². The Balaban J connectivity index is 2.29. The van der Waals surface area contributed by atoms with Crippen LogP contribution in [0.2, 0.25) is 0 Å². The van der Waals surface area contributed by atoms with Gasteiger partial charge in [0, 0.05) is 19.4 Å². The number of rotatable bonds is 7. The molecule has 110 valence electrons. The zero-order valence-corrected chi connectivity index (χ0v) is 11.9. The molecular weight excluding hydrogens is 270 g/mol. The average Bonchev–Trinajstić information content (AvgIpc) is 2.63. The molecule has 2 N–H and O–H groups in total. The molecule has 0 radical (unpaired) electrons. The van der Waals surface area contributed by atoms with Crippen LogP contribution in [0.4, 0.5) is 0 Å². The number of sulfone groups is 1. The lowest BCUT2D eigenvalue weighted by Crippen LogP contribution is -2.31. The normalized spacial score (nSPS) is 22.9. The lowest BCUT2D eigenvalue weighted by atomic mass is 10.0. The van der Waals surface area contributed by atoms with E-state index < -0.39 is 15.8 Å². The summed E-state index contributed by atoms with van der Waals surface area (Å²) in [6.07, 6.45) is 1.48. The molecule has 2 atom stereocenters. The quantitative estimate of drug-likeness (QED) is 0.708. The molecule has 6 nitrogen and oxygen atoms in total. The van der Waals surface area contributed by atoms with Gasteiger partial charge in [0.25, 0.3) is 0 Å². The molecular formula is C12H21NO5S. The van der Waals surface area contributed by atoms with E-state index in [4.69, 9.17) is 5.11 Å². The SMILES string of the molecule is CCC(CNC(=O)CC1CCS(=O)(=O)C1)CC(=O)O. The van der Waals surface area contributed by atoms with Crippen LogP contribution < -0.4 is 5.32 Å². The van der Waals surface area contributed by atoms with E-state index in [0.29, 0.717) is 19.4 Å². The summed E-state index contributed by atoms with van der Waals surface area (Å²) in [4.78, 5) is 22.2. The van der Waals surface area contributed by atoms with E-state index in [2.05, 4.69) is 5.32 Å². The summed E-state index contributed by atoms with van der Waals surface area (Å²) in [7, 11) is -2.95. The van der Waals surface area contributed by atoms with Crippen molar-refractivity contribution < 1.29 is 23.1 Å². The van der Waals surface area contributed by atoms with Gasteiger partial charge in [0.05, 0.1) is 11.5 Å². The van der Waals surface area contributed by atoms with Crippen LogP contribution in [0, 0.1) is 11.8 Å². The van der Waals surface area contributed by atoms with Gasteiger partial charge < -0.3 is 10.4 Å². The second-order valence-corrected chi connectivity index (χ2v) is 7.38. The molecule has 0 spiro atoms. The van der Waals surface area contributed by atoms with E-state index in [1.165, 1.54) is 0 Å². The van der Waals surface area contributed by atoms with Crippen molar-refractivity contribution in [3.8, 4) is 0 Å². The average molecular weight is 291 g/mol. The number of aliphatic carboxylic acids is 1. The van der Waals surface area contributed by atoms with Crippen LogP contribution in [0.5, 0.6) is 0 Å². The highest BCUT2D eigenvalue weighted by atomic mass is 32.2. The van der Waals surface area contributed by atoms with E-state index in [9.17, 15) is 18.0 Å². The van der Waals surface area contributed by atoms with Crippen molar-refractivity contribution in [2.45, 2.75) is 32.6 Å². The van der Waals surface area contributed by atoms with Gasteiger partial charge in [0.2, 0.25) is 5.91 Å². The molecule has 1 amide bonds. The standard InChI is InChI=1S/C12H21NO5S/c1-2-9(6-12(15)16)7-13-11(14)5-10-3-4-19(17,18)8-10/h9-10H,2-8H2,1H3,(H,13,14)(H,15,16). The van der Waals surface area contributed by atoms with Crippen LogP contribution in [-0.4, -0.2) is 43.5 Å². The molecule has 0 aromatic carbocycles. The third-order valence-corrected chi connectivity index (χ3v) is 5.27. The highest BCUT2D eigenvalue weighted by molar-refractivity contribution is 7.91. The molecule has 1 aliphatic rings. The number of carbonyl (C=O) groups is 2. The molecule has 0 aromatic rings. The van der Waals surface area contributed by atoms with Crippen molar-refractivity contribution in [2.24, 2.45) is 11.8 Å². The fraction of sp³-hybridized carbons (Fsp3) is 0.833. The Hall–Kier alpha value is -1.11. The number of hydrogen-bond acceptors (Lipinski definition) is 4. The first-order chi connectivity index (χ1) is 8.82. The fourth-order valence-corrected chi connectivity index (χ4v) is 4.10. The highest BCUT2D eigenvalue weighted by Gasteiger charge is 2.29. The van der Waals surface area contributed by atoms with E-state index in [1.54, 1.807) is 0 Å². The van der Waals surface area contributed by atoms with Gasteiger partial charge in [-0.1, -0.05) is 13.3 Å². The van der Waals surface area contributed by atoms with Crippen LogP contribution in [0.1, 0.15) is 32.6 Å². The summed E-state index contributed by atoms with van der Waals surface area (Å²) in [6.45, 7) is 2.21. The van der Waals surface area contributed by atoms with Gasteiger partial charge in [-0.15, -0.1) is 0 Å². The number of nitrogens with one attached hydrogen (secondary N) is 1. The second-order valence-electron chi connectivity index (χ2n) is 5.15. The maximum absolute atomic E-state index is 11.7. The van der Waals surface area contributed by atoms with Crippen LogP contribution in [0.15, 0.2) is 0 Å². The Morgan fingerprint density at radius 1 is 1.42 bits per heavy atom. The van der Waals surface area contributed by atoms with Gasteiger partial charge in [-0.05, 0) is 18.3 Å². The van der Waals surface area contributed by atoms with Crippen molar-refractivity contribution in [3.05, 3.63) is 0 Å². The summed E-state index contributed by atoms with van der Waals surface area (Å²) >= 11 is 0. The zero-order chi connectivity index (χ0) is 14.5. The zero-order valence-electron chi connectivity index (χ0n) is 11.1. The first-order valence-electron chi connectivity index (χ1n) is 6.51. The molecule has 0 bridgehead atoms. The van der Waals surface area contributed by atoms with Crippen molar-refractivity contribution in [2.75, 3.05) is 18.1 Å². The summed E-state index contributed by atoms with van der Waals surface area (Å²) in [5, 5.41) is 11.4. The Morgan fingerprint density at radius 3 is 2.58 bits per heavy atom. The predicted octanol–water partition coefficient (Wildman–Crippen LogP) is 0.428. The molecule has 19 heavy (non-hydrogen) atoms. The number of carbonyl (C=O) groups excluding carboxylic acids is 1. The van der Waals surface area contributed by atoms with Crippen molar-refractivity contribution in [3.63, 3.8) is 0 Å². The Morgan fingerprint density at radius 2 is 2.11 bits per heavy atom. The molecule has 2 unspecified atom stereocenters. The van der Waals surface area contributed by atoms with Crippen LogP contribution in [0.3, 0.4) is 0 Å². The molecule has 0 aromatic heterocycles. The molecule has 7 heteroatoms. The molecule has 1 saturated heterocycles. The largest absolute Gasteiger partial charge is 0.481 e. The summed E-state index contributed by atoms with van der Waals surface area (Å²) in [6, 6.07) is 0. The molecule has 1 rings (SSSR count). The lowest BCUT2D eigenvalue weighted by Gasteiger charge is -2.14. The third kappa shape index (κ3) is 6.04. The van der Waals surface area contributed by atoms with Crippen molar-refractivity contribution in [1.82, 2.24) is 5.32 Å². The van der Waals surface area contributed by atoms with Gasteiger partial charge in [-0.25, -0.2) is 8.42 Å².